The third-order valence-electron chi connectivity index (χ3n) is 6.64. The van der Waals surface area contributed by atoms with Crippen LogP contribution in [0.1, 0.15) is 96.1 Å². The van der Waals surface area contributed by atoms with Crippen molar-refractivity contribution in [2.75, 3.05) is 0 Å². The van der Waals surface area contributed by atoms with Gasteiger partial charge in [0.25, 0.3) is 0 Å². The van der Waals surface area contributed by atoms with E-state index in [-0.39, 0.29) is 10.8 Å². The zero-order valence-electron chi connectivity index (χ0n) is 18.1. The van der Waals surface area contributed by atoms with Gasteiger partial charge in [0.05, 0.1) is 5.41 Å². The Kier molecular flexibility index (Phi) is 8.27. The second kappa shape index (κ2) is 10.2. The van der Waals surface area contributed by atoms with Gasteiger partial charge >= 0.3 is 5.97 Å². The molecule has 0 bridgehead atoms. The zero-order chi connectivity index (χ0) is 20.6. The highest BCUT2D eigenvalue weighted by Crippen LogP contribution is 2.50. The third kappa shape index (κ3) is 7.07. The molecule has 1 aromatic carbocycles. The van der Waals surface area contributed by atoms with Crippen LogP contribution in [-0.4, -0.2) is 16.9 Å². The number of hydrogen-bond acceptors (Lipinski definition) is 2. The lowest BCUT2D eigenvalue weighted by molar-refractivity contribution is -0.143. The van der Waals surface area contributed by atoms with Gasteiger partial charge in [-0.3, -0.25) is 9.59 Å². The van der Waals surface area contributed by atoms with Crippen molar-refractivity contribution < 1.29 is 14.7 Å². The number of carbonyl (C=O) groups is 2. The van der Waals surface area contributed by atoms with Gasteiger partial charge in [0.15, 0.2) is 0 Å². The summed E-state index contributed by atoms with van der Waals surface area (Å²) < 4.78 is 0. The molecule has 0 aliphatic heterocycles. The molecule has 156 valence electrons. The first-order chi connectivity index (χ1) is 13.3. The quantitative estimate of drug-likeness (QED) is 0.378. The lowest BCUT2D eigenvalue weighted by atomic mass is 9.83. The maximum atomic E-state index is 11.6. The minimum Gasteiger partial charge on any atom is -0.481 e. The molecule has 1 N–H and O–H groups in total. The first-order valence-electron chi connectivity index (χ1n) is 11.1. The lowest BCUT2D eigenvalue weighted by Crippen LogP contribution is -2.20. The van der Waals surface area contributed by atoms with Crippen LogP contribution in [0.2, 0.25) is 0 Å². The molecule has 0 amide bonds. The molecule has 0 saturated heterocycles. The Morgan fingerprint density at radius 1 is 0.964 bits per heavy atom. The number of unbranched alkanes of at least 4 members (excludes halogenated alkanes) is 4. The highest BCUT2D eigenvalue weighted by molar-refractivity contribution is 5.81. The van der Waals surface area contributed by atoms with E-state index < -0.39 is 5.97 Å². The van der Waals surface area contributed by atoms with E-state index >= 15 is 0 Å². The lowest BCUT2D eigenvalue weighted by Gasteiger charge is -2.20. The first kappa shape index (κ1) is 22.6. The topological polar surface area (TPSA) is 54.4 Å². The van der Waals surface area contributed by atoms with Crippen LogP contribution in [0.4, 0.5) is 0 Å². The highest BCUT2D eigenvalue weighted by atomic mass is 16.4. The van der Waals surface area contributed by atoms with E-state index in [1.807, 2.05) is 13.8 Å². The fourth-order valence-electron chi connectivity index (χ4n) is 3.88. The van der Waals surface area contributed by atoms with Crippen molar-refractivity contribution in [3.05, 3.63) is 35.4 Å². The molecule has 1 aromatic rings. The number of ketones is 1. The molecular formula is C25H38O3. The summed E-state index contributed by atoms with van der Waals surface area (Å²) in [6.07, 6.45) is 12.5. The standard InChI is InChI=1S/C25H38O3/c1-20(26)24(2,3)15-8-5-4-6-11-21-13-10-14-22(19-21)12-7-9-16-25(17-18-25)23(27)28/h10,13-14,19H,4-9,11-12,15-18H2,1-3H3,(H,27,28). The molecule has 2 rings (SSSR count). The molecular weight excluding hydrogens is 348 g/mol. The normalized spacial score (nSPS) is 15.4. The summed E-state index contributed by atoms with van der Waals surface area (Å²) in [5.41, 5.74) is 2.24. The molecule has 0 aromatic heterocycles. The smallest absolute Gasteiger partial charge is 0.309 e. The molecule has 1 saturated carbocycles. The first-order valence-corrected chi connectivity index (χ1v) is 11.1. The molecule has 0 unspecified atom stereocenters. The van der Waals surface area contributed by atoms with Crippen molar-refractivity contribution in [3.63, 3.8) is 0 Å². The van der Waals surface area contributed by atoms with Crippen LogP contribution in [0.25, 0.3) is 0 Å². The Morgan fingerprint density at radius 2 is 1.54 bits per heavy atom. The number of benzene rings is 1. The van der Waals surface area contributed by atoms with E-state index in [1.54, 1.807) is 6.92 Å². The number of Topliss-reactive ketones (excluding diaryl/α,β-unsaturated/α-hetero) is 1. The number of rotatable bonds is 14. The highest BCUT2D eigenvalue weighted by Gasteiger charge is 2.49. The van der Waals surface area contributed by atoms with Crippen molar-refractivity contribution in [2.24, 2.45) is 10.8 Å². The summed E-state index contributed by atoms with van der Waals surface area (Å²) >= 11 is 0. The largest absolute Gasteiger partial charge is 0.481 e. The number of aliphatic carboxylic acids is 1. The monoisotopic (exact) mass is 386 g/mol. The van der Waals surface area contributed by atoms with Crippen LogP contribution in [0.5, 0.6) is 0 Å². The van der Waals surface area contributed by atoms with Crippen LogP contribution in [-0.2, 0) is 22.4 Å². The number of aryl methyl sites for hydroxylation is 2. The van der Waals surface area contributed by atoms with Gasteiger partial charge < -0.3 is 5.11 Å². The fraction of sp³-hybridized carbons (Fsp3) is 0.680. The Bertz CT molecular complexity index is 656. The molecule has 1 aliphatic carbocycles. The Balaban J connectivity index is 1.61. The van der Waals surface area contributed by atoms with Gasteiger partial charge in [-0.2, -0.15) is 0 Å². The minimum atomic E-state index is -0.598. The average molecular weight is 387 g/mol. The SMILES string of the molecule is CC(=O)C(C)(C)CCCCCCc1cccc(CCCCC2(C(=O)O)CC2)c1. The molecule has 0 atom stereocenters. The third-order valence-corrected chi connectivity index (χ3v) is 6.64. The number of carboxylic acids is 1. The predicted molar refractivity (Wildman–Crippen MR) is 115 cm³/mol. The molecule has 0 spiro atoms. The van der Waals surface area contributed by atoms with Gasteiger partial charge in [-0.1, -0.05) is 63.8 Å². The maximum Gasteiger partial charge on any atom is 0.309 e. The molecule has 28 heavy (non-hydrogen) atoms. The zero-order valence-corrected chi connectivity index (χ0v) is 18.1. The van der Waals surface area contributed by atoms with Gasteiger partial charge in [0, 0.05) is 5.41 Å². The Hall–Kier alpha value is -1.64. The van der Waals surface area contributed by atoms with Gasteiger partial charge in [-0.15, -0.1) is 0 Å². The summed E-state index contributed by atoms with van der Waals surface area (Å²) in [6, 6.07) is 8.88. The second-order valence-electron chi connectivity index (χ2n) is 9.47. The fourth-order valence-corrected chi connectivity index (χ4v) is 3.88. The van der Waals surface area contributed by atoms with Crippen molar-refractivity contribution in [2.45, 2.75) is 97.8 Å². The van der Waals surface area contributed by atoms with Gasteiger partial charge in [0.2, 0.25) is 0 Å². The van der Waals surface area contributed by atoms with Crippen LogP contribution in [0.3, 0.4) is 0 Å². The van der Waals surface area contributed by atoms with Gasteiger partial charge in [0.1, 0.15) is 5.78 Å². The van der Waals surface area contributed by atoms with Crippen LogP contribution < -0.4 is 0 Å². The summed E-state index contributed by atoms with van der Waals surface area (Å²) in [6.45, 7) is 5.79. The van der Waals surface area contributed by atoms with Crippen LogP contribution in [0.15, 0.2) is 24.3 Å². The molecule has 0 radical (unpaired) electrons. The molecule has 1 aliphatic rings. The average Bonchev–Trinajstić information content (AvgIpc) is 3.43. The van der Waals surface area contributed by atoms with Crippen molar-refractivity contribution >= 4 is 11.8 Å². The predicted octanol–water partition coefficient (Wildman–Crippen LogP) is 6.37. The van der Waals surface area contributed by atoms with Crippen molar-refractivity contribution in [1.82, 2.24) is 0 Å². The Labute approximate surface area is 170 Å². The maximum absolute atomic E-state index is 11.6. The van der Waals surface area contributed by atoms with E-state index in [4.69, 9.17) is 0 Å². The summed E-state index contributed by atoms with van der Waals surface area (Å²) in [7, 11) is 0. The van der Waals surface area contributed by atoms with Crippen LogP contribution >= 0.6 is 0 Å². The van der Waals surface area contributed by atoms with E-state index in [1.165, 1.54) is 30.4 Å². The molecule has 1 fully saturated rings. The van der Waals surface area contributed by atoms with Crippen molar-refractivity contribution in [3.8, 4) is 0 Å². The summed E-state index contributed by atoms with van der Waals surface area (Å²) in [4.78, 5) is 22.8. The van der Waals surface area contributed by atoms with E-state index in [0.717, 1.165) is 57.8 Å². The van der Waals surface area contributed by atoms with Gasteiger partial charge in [-0.05, 0) is 69.4 Å². The number of carbonyl (C=O) groups excluding carboxylic acids is 1. The van der Waals surface area contributed by atoms with Crippen LogP contribution in [0, 0.1) is 10.8 Å². The Morgan fingerprint density at radius 3 is 2.07 bits per heavy atom. The number of carboxylic acid groups (broad SMARTS) is 1. The second-order valence-corrected chi connectivity index (χ2v) is 9.47. The minimum absolute atomic E-state index is 0.169. The van der Waals surface area contributed by atoms with E-state index in [9.17, 15) is 14.7 Å². The molecule has 0 heterocycles. The van der Waals surface area contributed by atoms with Crippen molar-refractivity contribution in [1.29, 1.82) is 0 Å². The molecule has 3 nitrogen and oxygen atoms in total. The number of hydrogen-bond donors (Lipinski definition) is 1. The van der Waals surface area contributed by atoms with Gasteiger partial charge in [-0.25, -0.2) is 0 Å². The summed E-state index contributed by atoms with van der Waals surface area (Å²) in [5, 5.41) is 9.24. The summed E-state index contributed by atoms with van der Waals surface area (Å²) in [5.74, 6) is -0.307. The van der Waals surface area contributed by atoms with E-state index in [2.05, 4.69) is 24.3 Å². The van der Waals surface area contributed by atoms with E-state index in [0.29, 0.717) is 5.78 Å². The molecule has 3 heteroatoms.